The Morgan fingerprint density at radius 3 is 2.53 bits per heavy atom. The molecule has 0 radical (unpaired) electrons. The molecule has 0 aromatic heterocycles. The number of hydrogen-bond acceptors (Lipinski definition) is 3. The molecule has 2 aromatic carbocycles. The molecule has 0 bridgehead atoms. The predicted molar refractivity (Wildman–Crippen MR) is 82.3 cm³/mol. The van der Waals surface area contributed by atoms with E-state index in [9.17, 15) is 4.79 Å². The van der Waals surface area contributed by atoms with Crippen molar-refractivity contribution in [3.63, 3.8) is 0 Å². The van der Waals surface area contributed by atoms with Crippen LogP contribution in [0.15, 0.2) is 53.6 Å². The van der Waals surface area contributed by atoms with Gasteiger partial charge >= 0.3 is 0 Å². The lowest BCUT2D eigenvalue weighted by Gasteiger charge is -2.01. The number of aromatic hydroxyl groups is 1. The predicted octanol–water partition coefficient (Wildman–Crippen LogP) is 2.76. The molecular formula is C14H11IN2O2. The average molecular weight is 366 g/mol. The van der Waals surface area contributed by atoms with E-state index in [2.05, 4.69) is 33.1 Å². The minimum Gasteiger partial charge on any atom is -0.508 e. The van der Waals surface area contributed by atoms with Crippen LogP contribution in [0, 0.1) is 3.57 Å². The third-order valence-corrected chi connectivity index (χ3v) is 3.33. The van der Waals surface area contributed by atoms with Gasteiger partial charge in [0.2, 0.25) is 0 Å². The Kier molecular flexibility index (Phi) is 4.51. The van der Waals surface area contributed by atoms with Crippen LogP contribution in [0.1, 0.15) is 15.9 Å². The summed E-state index contributed by atoms with van der Waals surface area (Å²) >= 11 is 2.10. The highest BCUT2D eigenvalue weighted by Crippen LogP contribution is 2.11. The number of phenolic OH excluding ortho intramolecular Hbond substituents is 1. The highest BCUT2D eigenvalue weighted by atomic mass is 127. The van der Waals surface area contributed by atoms with Gasteiger partial charge in [-0.05, 0) is 64.6 Å². The highest BCUT2D eigenvalue weighted by Gasteiger charge is 2.07. The Labute approximate surface area is 124 Å². The van der Waals surface area contributed by atoms with Crippen molar-refractivity contribution in [2.45, 2.75) is 0 Å². The van der Waals surface area contributed by atoms with Gasteiger partial charge in [0.05, 0.1) is 11.8 Å². The van der Waals surface area contributed by atoms with Crippen molar-refractivity contribution in [1.29, 1.82) is 0 Å². The number of benzene rings is 2. The van der Waals surface area contributed by atoms with Crippen LogP contribution in [0.25, 0.3) is 0 Å². The molecule has 0 fully saturated rings. The normalized spacial score (nSPS) is 10.6. The number of nitrogens with one attached hydrogen (secondary N) is 1. The van der Waals surface area contributed by atoms with Crippen molar-refractivity contribution in [3.8, 4) is 5.75 Å². The molecule has 0 atom stereocenters. The second-order valence-electron chi connectivity index (χ2n) is 3.77. The number of hydrogen-bond donors (Lipinski definition) is 2. The molecule has 19 heavy (non-hydrogen) atoms. The fraction of sp³-hybridized carbons (Fsp3) is 0. The van der Waals surface area contributed by atoms with Crippen LogP contribution in [0.5, 0.6) is 5.75 Å². The van der Waals surface area contributed by atoms with Gasteiger partial charge in [-0.2, -0.15) is 5.10 Å². The third-order valence-electron chi connectivity index (χ3n) is 2.39. The van der Waals surface area contributed by atoms with E-state index in [4.69, 9.17) is 5.11 Å². The van der Waals surface area contributed by atoms with Crippen LogP contribution in [0.2, 0.25) is 0 Å². The monoisotopic (exact) mass is 366 g/mol. The zero-order valence-corrected chi connectivity index (χ0v) is 12.0. The molecule has 1 amide bonds. The topological polar surface area (TPSA) is 61.7 Å². The highest BCUT2D eigenvalue weighted by molar-refractivity contribution is 14.1. The Bertz CT molecular complexity index is 609. The van der Waals surface area contributed by atoms with Crippen LogP contribution < -0.4 is 5.43 Å². The summed E-state index contributed by atoms with van der Waals surface area (Å²) in [7, 11) is 0. The molecule has 2 rings (SSSR count). The van der Waals surface area contributed by atoms with Crippen LogP contribution in [-0.4, -0.2) is 17.2 Å². The van der Waals surface area contributed by atoms with Gasteiger partial charge in [0, 0.05) is 3.57 Å². The first kappa shape index (κ1) is 13.5. The van der Waals surface area contributed by atoms with E-state index in [1.165, 1.54) is 6.21 Å². The molecule has 0 aliphatic heterocycles. The molecular weight excluding hydrogens is 355 g/mol. The van der Waals surface area contributed by atoms with Crippen LogP contribution >= 0.6 is 22.6 Å². The minimum atomic E-state index is -0.250. The molecule has 2 N–H and O–H groups in total. The molecule has 96 valence electrons. The Balaban J connectivity index is 2.01. The number of carbonyl (C=O) groups excluding carboxylic acids is 1. The lowest BCUT2D eigenvalue weighted by atomic mass is 10.2. The fourth-order valence-electron chi connectivity index (χ4n) is 1.43. The molecule has 4 nitrogen and oxygen atoms in total. The second kappa shape index (κ2) is 6.33. The van der Waals surface area contributed by atoms with Gasteiger partial charge in [-0.15, -0.1) is 0 Å². The van der Waals surface area contributed by atoms with E-state index in [1.807, 2.05) is 12.1 Å². The maximum Gasteiger partial charge on any atom is 0.272 e. The Morgan fingerprint density at radius 1 is 1.16 bits per heavy atom. The second-order valence-corrected chi connectivity index (χ2v) is 4.93. The summed E-state index contributed by atoms with van der Waals surface area (Å²) in [5.74, 6) is -0.0555. The van der Waals surface area contributed by atoms with Crippen molar-refractivity contribution >= 4 is 34.7 Å². The molecule has 0 aliphatic rings. The maximum atomic E-state index is 11.8. The van der Waals surface area contributed by atoms with Gasteiger partial charge in [0.1, 0.15) is 5.75 Å². The number of carbonyl (C=O) groups is 1. The van der Waals surface area contributed by atoms with Gasteiger partial charge in [0.15, 0.2) is 0 Å². The Morgan fingerprint density at radius 2 is 1.84 bits per heavy atom. The summed E-state index contributed by atoms with van der Waals surface area (Å²) in [6.45, 7) is 0. The van der Waals surface area contributed by atoms with Crippen molar-refractivity contribution < 1.29 is 9.90 Å². The van der Waals surface area contributed by atoms with E-state index in [1.54, 1.807) is 36.4 Å². The van der Waals surface area contributed by atoms with Crippen LogP contribution in [-0.2, 0) is 0 Å². The number of phenols is 1. The summed E-state index contributed by atoms with van der Waals surface area (Å²) in [5, 5.41) is 13.0. The maximum absolute atomic E-state index is 11.8. The summed E-state index contributed by atoms with van der Waals surface area (Å²) in [6, 6.07) is 13.8. The minimum absolute atomic E-state index is 0.194. The molecule has 0 heterocycles. The number of rotatable bonds is 3. The molecule has 0 saturated carbocycles. The van der Waals surface area contributed by atoms with E-state index in [-0.39, 0.29) is 11.7 Å². The molecule has 2 aromatic rings. The van der Waals surface area contributed by atoms with Crippen LogP contribution in [0.4, 0.5) is 0 Å². The summed E-state index contributed by atoms with van der Waals surface area (Å²) in [4.78, 5) is 11.8. The van der Waals surface area contributed by atoms with E-state index in [0.29, 0.717) is 5.56 Å². The zero-order chi connectivity index (χ0) is 13.7. The SMILES string of the molecule is O=C(N/N=C/c1ccc(O)cc1)c1ccccc1I. The smallest absolute Gasteiger partial charge is 0.272 e. The first-order valence-electron chi connectivity index (χ1n) is 5.54. The van der Waals surface area contributed by atoms with Gasteiger partial charge < -0.3 is 5.11 Å². The number of amides is 1. The largest absolute Gasteiger partial charge is 0.508 e. The quantitative estimate of drug-likeness (QED) is 0.499. The van der Waals surface area contributed by atoms with Crippen LogP contribution in [0.3, 0.4) is 0 Å². The lowest BCUT2D eigenvalue weighted by molar-refractivity contribution is 0.0954. The van der Waals surface area contributed by atoms with E-state index >= 15 is 0 Å². The third kappa shape index (κ3) is 3.78. The first-order chi connectivity index (χ1) is 9.16. The summed E-state index contributed by atoms with van der Waals surface area (Å²) in [6.07, 6.45) is 1.52. The molecule has 0 aliphatic carbocycles. The molecule has 0 saturated heterocycles. The molecule has 0 unspecified atom stereocenters. The summed E-state index contributed by atoms with van der Waals surface area (Å²) < 4.78 is 0.873. The Hall–Kier alpha value is -1.89. The van der Waals surface area contributed by atoms with Crippen molar-refractivity contribution in [2.24, 2.45) is 5.10 Å². The van der Waals surface area contributed by atoms with Gasteiger partial charge in [-0.3, -0.25) is 4.79 Å². The average Bonchev–Trinajstić information content (AvgIpc) is 2.41. The van der Waals surface area contributed by atoms with Gasteiger partial charge in [-0.25, -0.2) is 5.43 Å². The zero-order valence-electron chi connectivity index (χ0n) is 9.88. The molecule has 0 spiro atoms. The number of nitrogens with zero attached hydrogens (tertiary/aromatic N) is 1. The summed E-state index contributed by atoms with van der Waals surface area (Å²) in [5.41, 5.74) is 3.85. The lowest BCUT2D eigenvalue weighted by Crippen LogP contribution is -2.18. The fourth-order valence-corrected chi connectivity index (χ4v) is 2.06. The van der Waals surface area contributed by atoms with Crippen molar-refractivity contribution in [3.05, 3.63) is 63.2 Å². The van der Waals surface area contributed by atoms with Crippen molar-refractivity contribution in [1.82, 2.24) is 5.43 Å². The van der Waals surface area contributed by atoms with Gasteiger partial charge in [-0.1, -0.05) is 12.1 Å². The van der Waals surface area contributed by atoms with Crippen molar-refractivity contribution in [2.75, 3.05) is 0 Å². The standard InChI is InChI=1S/C14H11IN2O2/c15-13-4-2-1-3-12(13)14(19)17-16-9-10-5-7-11(18)8-6-10/h1-9,18H,(H,17,19)/b16-9+. The first-order valence-corrected chi connectivity index (χ1v) is 6.61. The molecule has 5 heteroatoms. The number of halogens is 1. The van der Waals surface area contributed by atoms with E-state index < -0.39 is 0 Å². The number of hydrazone groups is 1. The van der Waals surface area contributed by atoms with E-state index in [0.717, 1.165) is 9.13 Å². The van der Waals surface area contributed by atoms with Gasteiger partial charge in [0.25, 0.3) is 5.91 Å².